The summed E-state index contributed by atoms with van der Waals surface area (Å²) in [5.41, 5.74) is 1.64. The topological polar surface area (TPSA) is 79.8 Å². The highest BCUT2D eigenvalue weighted by molar-refractivity contribution is 6.10. The minimum Gasteiger partial charge on any atom is -0.492 e. The summed E-state index contributed by atoms with van der Waals surface area (Å²) in [6.45, 7) is 3.03. The third kappa shape index (κ3) is 5.62. The number of ether oxygens (including phenoxy) is 1. The minimum absolute atomic E-state index is 0.0244. The van der Waals surface area contributed by atoms with E-state index in [2.05, 4.69) is 4.98 Å². The molecule has 36 heavy (non-hydrogen) atoms. The number of hydrogen-bond acceptors (Lipinski definition) is 5. The molecule has 0 spiro atoms. The molecule has 186 valence electrons. The molecule has 3 amide bonds. The lowest BCUT2D eigenvalue weighted by atomic mass is 9.75. The lowest BCUT2D eigenvalue weighted by Gasteiger charge is -2.29. The molecule has 0 aliphatic carbocycles. The van der Waals surface area contributed by atoms with Crippen LogP contribution in [-0.2, 0) is 26.3 Å². The molecule has 1 atom stereocenters. The Morgan fingerprint density at radius 1 is 1.06 bits per heavy atom. The number of imide groups is 1. The molecule has 0 bridgehead atoms. The van der Waals surface area contributed by atoms with Crippen molar-refractivity contribution in [2.24, 2.45) is 0 Å². The molecular formula is C29H31N3O4. The number of amides is 3. The molecule has 1 aliphatic heterocycles. The van der Waals surface area contributed by atoms with Crippen LogP contribution in [0.2, 0.25) is 0 Å². The highest BCUT2D eigenvalue weighted by atomic mass is 16.5. The summed E-state index contributed by atoms with van der Waals surface area (Å²) in [5, 5.41) is 0. The number of carbonyl (C=O) groups excluding carboxylic acids is 3. The van der Waals surface area contributed by atoms with Crippen LogP contribution in [-0.4, -0.2) is 52.7 Å². The van der Waals surface area contributed by atoms with Gasteiger partial charge >= 0.3 is 0 Å². The normalized spacial score (nSPS) is 17.3. The first-order valence-corrected chi connectivity index (χ1v) is 12.1. The van der Waals surface area contributed by atoms with Crippen LogP contribution >= 0.6 is 0 Å². The van der Waals surface area contributed by atoms with Crippen molar-refractivity contribution in [1.82, 2.24) is 14.8 Å². The molecule has 0 saturated carbocycles. The Labute approximate surface area is 211 Å². The molecule has 3 aromatic rings. The quantitative estimate of drug-likeness (QED) is 0.321. The van der Waals surface area contributed by atoms with Gasteiger partial charge in [0.2, 0.25) is 17.7 Å². The summed E-state index contributed by atoms with van der Waals surface area (Å²) in [4.78, 5) is 47.0. The van der Waals surface area contributed by atoms with Gasteiger partial charge in [0.25, 0.3) is 0 Å². The van der Waals surface area contributed by atoms with E-state index in [1.54, 1.807) is 36.5 Å². The number of rotatable bonds is 10. The Morgan fingerprint density at radius 3 is 2.50 bits per heavy atom. The van der Waals surface area contributed by atoms with Crippen LogP contribution in [0.15, 0.2) is 79.1 Å². The summed E-state index contributed by atoms with van der Waals surface area (Å²) in [7, 11) is 1.73. The fourth-order valence-corrected chi connectivity index (χ4v) is 4.54. The van der Waals surface area contributed by atoms with Crippen LogP contribution in [0.5, 0.6) is 5.75 Å². The lowest BCUT2D eigenvalue weighted by molar-refractivity contribution is -0.142. The monoisotopic (exact) mass is 485 g/mol. The molecular weight excluding hydrogens is 454 g/mol. The van der Waals surface area contributed by atoms with Gasteiger partial charge in [-0.3, -0.25) is 24.3 Å². The van der Waals surface area contributed by atoms with E-state index in [1.807, 2.05) is 61.5 Å². The number of aryl methyl sites for hydroxylation is 1. The molecule has 4 rings (SSSR count). The first-order chi connectivity index (χ1) is 17.4. The molecule has 7 nitrogen and oxygen atoms in total. The molecule has 0 radical (unpaired) electrons. The van der Waals surface area contributed by atoms with Gasteiger partial charge in [-0.25, -0.2) is 0 Å². The number of nitrogens with zero attached hydrogens (tertiary/aromatic N) is 3. The second-order valence-electron chi connectivity index (χ2n) is 9.28. The highest BCUT2D eigenvalue weighted by Crippen LogP contribution is 2.40. The van der Waals surface area contributed by atoms with Crippen molar-refractivity contribution < 1.29 is 19.1 Å². The first-order valence-electron chi connectivity index (χ1n) is 12.1. The lowest BCUT2D eigenvalue weighted by Crippen LogP contribution is -2.43. The summed E-state index contributed by atoms with van der Waals surface area (Å²) in [6.07, 6.45) is 3.68. The minimum atomic E-state index is -1.21. The molecule has 2 aromatic carbocycles. The molecule has 7 heteroatoms. The standard InChI is InChI=1S/C29H31N3O4/c1-22-11-13-23(14-12-22)21-31(2)26(33)18-29(24-8-4-3-5-9-24)19-27(34)32(28(29)35)16-7-17-36-25-10-6-15-30-20-25/h3-6,8-15,20H,7,16-19,21H2,1-2H3/t29-/m0/s1. The van der Waals surface area contributed by atoms with E-state index < -0.39 is 5.41 Å². The molecule has 1 aliphatic rings. The predicted molar refractivity (Wildman–Crippen MR) is 136 cm³/mol. The fraction of sp³-hybridized carbons (Fsp3) is 0.310. The summed E-state index contributed by atoms with van der Waals surface area (Å²) in [6, 6.07) is 20.8. The zero-order chi connectivity index (χ0) is 25.5. The van der Waals surface area contributed by atoms with Gasteiger partial charge in [-0.15, -0.1) is 0 Å². The second kappa shape index (κ2) is 11.2. The Kier molecular flexibility index (Phi) is 7.78. The van der Waals surface area contributed by atoms with Gasteiger partial charge in [0.1, 0.15) is 5.75 Å². The van der Waals surface area contributed by atoms with E-state index in [4.69, 9.17) is 4.74 Å². The Balaban J connectivity index is 1.47. The zero-order valence-electron chi connectivity index (χ0n) is 20.7. The van der Waals surface area contributed by atoms with E-state index in [0.29, 0.717) is 30.9 Å². The van der Waals surface area contributed by atoms with E-state index >= 15 is 0 Å². The third-order valence-electron chi connectivity index (χ3n) is 6.58. The van der Waals surface area contributed by atoms with Crippen LogP contribution < -0.4 is 4.74 Å². The van der Waals surface area contributed by atoms with E-state index in [0.717, 1.165) is 11.1 Å². The van der Waals surface area contributed by atoms with Crippen molar-refractivity contribution in [3.63, 3.8) is 0 Å². The summed E-state index contributed by atoms with van der Waals surface area (Å²) >= 11 is 0. The van der Waals surface area contributed by atoms with Gasteiger partial charge in [-0.05, 0) is 36.6 Å². The van der Waals surface area contributed by atoms with Crippen molar-refractivity contribution in [2.75, 3.05) is 20.2 Å². The number of pyridine rings is 1. The van der Waals surface area contributed by atoms with E-state index in [1.165, 1.54) is 4.90 Å². The van der Waals surface area contributed by atoms with Gasteiger partial charge < -0.3 is 9.64 Å². The SMILES string of the molecule is Cc1ccc(CN(C)C(=O)C[C@@]2(c3ccccc3)CC(=O)N(CCCOc3cccnc3)C2=O)cc1. The molecule has 0 N–H and O–H groups in total. The van der Waals surface area contributed by atoms with E-state index in [9.17, 15) is 14.4 Å². The molecule has 0 unspecified atom stereocenters. The average Bonchev–Trinajstić information content (AvgIpc) is 3.13. The Bertz CT molecular complexity index is 1200. The van der Waals surface area contributed by atoms with Gasteiger partial charge in [0.15, 0.2) is 0 Å². The number of hydrogen-bond donors (Lipinski definition) is 0. The molecule has 1 fully saturated rings. The first kappa shape index (κ1) is 25.1. The van der Waals surface area contributed by atoms with Crippen molar-refractivity contribution in [3.8, 4) is 5.75 Å². The molecule has 1 aromatic heterocycles. The maximum atomic E-state index is 13.7. The summed E-state index contributed by atoms with van der Waals surface area (Å²) < 4.78 is 5.66. The zero-order valence-corrected chi connectivity index (χ0v) is 20.7. The van der Waals surface area contributed by atoms with Crippen molar-refractivity contribution in [1.29, 1.82) is 0 Å². The predicted octanol–water partition coefficient (Wildman–Crippen LogP) is 3.90. The number of carbonyl (C=O) groups is 3. The van der Waals surface area contributed by atoms with Crippen LogP contribution in [0.3, 0.4) is 0 Å². The van der Waals surface area contributed by atoms with Gasteiger partial charge in [-0.1, -0.05) is 60.2 Å². The summed E-state index contributed by atoms with van der Waals surface area (Å²) in [5.74, 6) is -0.129. The fourth-order valence-electron chi connectivity index (χ4n) is 4.54. The second-order valence-corrected chi connectivity index (χ2v) is 9.28. The average molecular weight is 486 g/mol. The number of likely N-dealkylation sites (tertiary alicyclic amines) is 1. The van der Waals surface area contributed by atoms with Gasteiger partial charge in [0, 0.05) is 39.2 Å². The Hall–Kier alpha value is -4.00. The number of benzene rings is 2. The largest absolute Gasteiger partial charge is 0.492 e. The molecule has 1 saturated heterocycles. The van der Waals surface area contributed by atoms with Crippen LogP contribution in [0.25, 0.3) is 0 Å². The maximum absolute atomic E-state index is 13.7. The van der Waals surface area contributed by atoms with Crippen LogP contribution in [0, 0.1) is 6.92 Å². The smallest absolute Gasteiger partial charge is 0.240 e. The van der Waals surface area contributed by atoms with Crippen molar-refractivity contribution in [3.05, 3.63) is 95.8 Å². The third-order valence-corrected chi connectivity index (χ3v) is 6.58. The number of aromatic nitrogens is 1. The van der Waals surface area contributed by atoms with Crippen molar-refractivity contribution in [2.45, 2.75) is 38.1 Å². The Morgan fingerprint density at radius 2 is 1.81 bits per heavy atom. The van der Waals surface area contributed by atoms with Gasteiger partial charge in [-0.2, -0.15) is 0 Å². The molecule has 2 heterocycles. The van der Waals surface area contributed by atoms with Crippen molar-refractivity contribution >= 4 is 17.7 Å². The highest BCUT2D eigenvalue weighted by Gasteiger charge is 2.53. The maximum Gasteiger partial charge on any atom is 0.240 e. The van der Waals surface area contributed by atoms with E-state index in [-0.39, 0.29) is 37.1 Å². The van der Waals surface area contributed by atoms with Gasteiger partial charge in [0.05, 0.1) is 18.2 Å². The van der Waals surface area contributed by atoms with Crippen LogP contribution in [0.4, 0.5) is 0 Å². The van der Waals surface area contributed by atoms with Crippen LogP contribution in [0.1, 0.15) is 36.0 Å².